The number of carbonyl (C=O) groups excluding carboxylic acids is 1. The van der Waals surface area contributed by atoms with Crippen LogP contribution in [-0.2, 0) is 4.79 Å². The van der Waals surface area contributed by atoms with Crippen molar-refractivity contribution in [1.29, 1.82) is 0 Å². The summed E-state index contributed by atoms with van der Waals surface area (Å²) in [5, 5.41) is 11.6. The van der Waals surface area contributed by atoms with E-state index in [4.69, 9.17) is 21.1 Å². The molecule has 3 heterocycles. The first kappa shape index (κ1) is 19.3. The maximum atomic E-state index is 12.5. The molecule has 6 nitrogen and oxygen atoms in total. The van der Waals surface area contributed by atoms with Crippen molar-refractivity contribution in [2.45, 2.75) is 19.4 Å². The summed E-state index contributed by atoms with van der Waals surface area (Å²) < 4.78 is 7.47. The van der Waals surface area contributed by atoms with E-state index in [-0.39, 0.29) is 11.9 Å². The monoisotopic (exact) mass is 430 g/mol. The number of rotatable bonds is 4. The van der Waals surface area contributed by atoms with Gasteiger partial charge in [0.2, 0.25) is 5.91 Å². The fourth-order valence-corrected chi connectivity index (χ4v) is 4.02. The van der Waals surface area contributed by atoms with Gasteiger partial charge in [0, 0.05) is 30.1 Å². The number of hydrazone groups is 1. The zero-order valence-electron chi connectivity index (χ0n) is 16.8. The first-order valence-electron chi connectivity index (χ1n) is 9.92. The van der Waals surface area contributed by atoms with Crippen molar-refractivity contribution < 1.29 is 9.21 Å². The third kappa shape index (κ3) is 3.66. The number of benzene rings is 2. The lowest BCUT2D eigenvalue weighted by atomic mass is 9.98. The highest BCUT2D eigenvalue weighted by atomic mass is 35.5. The van der Waals surface area contributed by atoms with Crippen LogP contribution in [0.2, 0.25) is 5.02 Å². The van der Waals surface area contributed by atoms with Crippen molar-refractivity contribution in [2.75, 3.05) is 0 Å². The maximum Gasteiger partial charge on any atom is 0.240 e. The number of aromatic nitrogens is 2. The Balaban J connectivity index is 1.60. The number of halogens is 1. The fourth-order valence-electron chi connectivity index (χ4n) is 3.83. The smallest absolute Gasteiger partial charge is 0.240 e. The van der Waals surface area contributed by atoms with Crippen LogP contribution in [0.4, 0.5) is 0 Å². The lowest BCUT2D eigenvalue weighted by Gasteiger charge is -2.19. The van der Waals surface area contributed by atoms with Crippen molar-refractivity contribution in [3.05, 3.63) is 95.3 Å². The number of nitrogens with zero attached hydrogens (tertiary/aromatic N) is 4. The van der Waals surface area contributed by atoms with Crippen molar-refractivity contribution in [2.24, 2.45) is 5.10 Å². The van der Waals surface area contributed by atoms with Crippen molar-refractivity contribution >= 4 is 23.2 Å². The van der Waals surface area contributed by atoms with Gasteiger partial charge in [0.05, 0.1) is 23.7 Å². The molecular formula is C24H19ClN4O2. The van der Waals surface area contributed by atoms with E-state index in [1.54, 1.807) is 6.26 Å². The van der Waals surface area contributed by atoms with Gasteiger partial charge < -0.3 is 4.42 Å². The van der Waals surface area contributed by atoms with Gasteiger partial charge >= 0.3 is 0 Å². The van der Waals surface area contributed by atoms with Crippen LogP contribution < -0.4 is 0 Å². The quantitative estimate of drug-likeness (QED) is 0.430. The summed E-state index contributed by atoms with van der Waals surface area (Å²) in [6, 6.07) is 20.7. The molecule has 0 spiro atoms. The molecule has 2 aromatic carbocycles. The minimum atomic E-state index is -0.302. The molecule has 1 aliphatic rings. The molecule has 2 aromatic heterocycles. The van der Waals surface area contributed by atoms with Gasteiger partial charge in [-0.3, -0.25) is 4.79 Å². The predicted molar refractivity (Wildman–Crippen MR) is 119 cm³/mol. The van der Waals surface area contributed by atoms with E-state index in [1.165, 1.54) is 11.9 Å². The summed E-state index contributed by atoms with van der Waals surface area (Å²) in [5.74, 6) is 0.504. The number of para-hydroxylation sites is 1. The molecule has 1 aliphatic heterocycles. The lowest BCUT2D eigenvalue weighted by Crippen LogP contribution is -2.24. The van der Waals surface area contributed by atoms with Gasteiger partial charge in [-0.2, -0.15) is 10.2 Å². The number of hydrogen-bond donors (Lipinski definition) is 0. The molecule has 5 rings (SSSR count). The highest BCUT2D eigenvalue weighted by Gasteiger charge is 2.35. The van der Waals surface area contributed by atoms with Gasteiger partial charge in [0.25, 0.3) is 0 Å². The molecule has 0 fully saturated rings. The Labute approximate surface area is 184 Å². The van der Waals surface area contributed by atoms with Crippen LogP contribution in [0.15, 0.2) is 88.7 Å². The van der Waals surface area contributed by atoms with E-state index in [0.717, 1.165) is 22.5 Å². The third-order valence-corrected chi connectivity index (χ3v) is 5.50. The molecule has 31 heavy (non-hydrogen) atoms. The van der Waals surface area contributed by atoms with E-state index >= 15 is 0 Å². The normalized spacial score (nSPS) is 15.9. The summed E-state index contributed by atoms with van der Waals surface area (Å²) in [6.45, 7) is 1.52. The van der Waals surface area contributed by atoms with Crippen LogP contribution in [0.1, 0.15) is 30.5 Å². The van der Waals surface area contributed by atoms with Crippen molar-refractivity contribution in [1.82, 2.24) is 14.8 Å². The molecule has 0 saturated carbocycles. The molecule has 1 atom stereocenters. The summed E-state index contributed by atoms with van der Waals surface area (Å²) in [7, 11) is 0. The third-order valence-electron chi connectivity index (χ3n) is 5.27. The summed E-state index contributed by atoms with van der Waals surface area (Å²) >= 11 is 6.18. The average molecular weight is 431 g/mol. The van der Waals surface area contributed by atoms with Crippen LogP contribution in [0.25, 0.3) is 17.1 Å². The number of amides is 1. The fraction of sp³-hybridized carbons (Fsp3) is 0.125. The molecule has 7 heteroatoms. The minimum Gasteiger partial charge on any atom is -0.463 e. The predicted octanol–water partition coefficient (Wildman–Crippen LogP) is 5.48. The van der Waals surface area contributed by atoms with Gasteiger partial charge in [-0.1, -0.05) is 41.9 Å². The zero-order chi connectivity index (χ0) is 21.4. The Kier molecular flexibility index (Phi) is 4.92. The number of furan rings is 1. The second-order valence-corrected chi connectivity index (χ2v) is 7.77. The van der Waals surface area contributed by atoms with Gasteiger partial charge in [-0.25, -0.2) is 9.69 Å². The standard InChI is InChI=1S/C24H19ClN4O2/c1-16(30)29-22(14-21(26-29)17-7-5-8-18(25)13-17)20-15-28(19-9-3-2-4-10-19)27-24(20)23-11-6-12-31-23/h2-13,15,22H,14H2,1H3. The highest BCUT2D eigenvalue weighted by Crippen LogP contribution is 2.38. The highest BCUT2D eigenvalue weighted by molar-refractivity contribution is 6.31. The molecule has 0 aliphatic carbocycles. The maximum absolute atomic E-state index is 12.5. The van der Waals surface area contributed by atoms with Gasteiger partial charge in [0.1, 0.15) is 5.69 Å². The molecule has 154 valence electrons. The van der Waals surface area contributed by atoms with Gasteiger partial charge in [-0.05, 0) is 42.0 Å². The SMILES string of the molecule is CC(=O)N1N=C(c2cccc(Cl)c2)CC1c1cn(-c2ccccc2)nc1-c1ccco1. The molecule has 0 saturated heterocycles. The molecule has 4 aromatic rings. The van der Waals surface area contributed by atoms with E-state index in [0.29, 0.717) is 22.9 Å². The van der Waals surface area contributed by atoms with E-state index in [9.17, 15) is 4.79 Å². The summed E-state index contributed by atoms with van der Waals surface area (Å²) in [5.41, 5.74) is 4.18. The van der Waals surface area contributed by atoms with E-state index < -0.39 is 0 Å². The first-order chi connectivity index (χ1) is 15.1. The largest absolute Gasteiger partial charge is 0.463 e. The molecule has 0 N–H and O–H groups in total. The lowest BCUT2D eigenvalue weighted by molar-refractivity contribution is -0.130. The second-order valence-electron chi connectivity index (χ2n) is 7.33. The van der Waals surface area contributed by atoms with Gasteiger partial charge in [-0.15, -0.1) is 0 Å². The summed E-state index contributed by atoms with van der Waals surface area (Å²) in [4.78, 5) is 12.5. The van der Waals surface area contributed by atoms with Crippen molar-refractivity contribution in [3.8, 4) is 17.1 Å². The van der Waals surface area contributed by atoms with Crippen LogP contribution in [0.5, 0.6) is 0 Å². The van der Waals surface area contributed by atoms with Crippen LogP contribution >= 0.6 is 11.6 Å². The first-order valence-corrected chi connectivity index (χ1v) is 10.3. The van der Waals surface area contributed by atoms with Crippen LogP contribution in [0, 0.1) is 0 Å². The van der Waals surface area contributed by atoms with Crippen LogP contribution in [0.3, 0.4) is 0 Å². The Morgan fingerprint density at radius 2 is 1.94 bits per heavy atom. The molecule has 0 bridgehead atoms. The number of carbonyl (C=O) groups is 1. The molecular weight excluding hydrogens is 412 g/mol. The summed E-state index contributed by atoms with van der Waals surface area (Å²) in [6.07, 6.45) is 4.12. The molecule has 1 amide bonds. The average Bonchev–Trinajstić information content (AvgIpc) is 3.52. The molecule has 0 radical (unpaired) electrons. The second kappa shape index (κ2) is 7.89. The van der Waals surface area contributed by atoms with Crippen molar-refractivity contribution in [3.63, 3.8) is 0 Å². The van der Waals surface area contributed by atoms with E-state index in [1.807, 2.05) is 77.6 Å². The van der Waals surface area contributed by atoms with E-state index in [2.05, 4.69) is 5.10 Å². The Bertz CT molecular complexity index is 1260. The Hall–Kier alpha value is -3.64. The Morgan fingerprint density at radius 1 is 1.10 bits per heavy atom. The molecule has 1 unspecified atom stereocenters. The Morgan fingerprint density at radius 3 is 2.65 bits per heavy atom. The minimum absolute atomic E-state index is 0.139. The van der Waals surface area contributed by atoms with Crippen LogP contribution in [-0.4, -0.2) is 26.4 Å². The zero-order valence-corrected chi connectivity index (χ0v) is 17.5. The van der Waals surface area contributed by atoms with Gasteiger partial charge in [0.15, 0.2) is 5.76 Å². The topological polar surface area (TPSA) is 63.6 Å². The number of hydrogen-bond acceptors (Lipinski definition) is 4.